The summed E-state index contributed by atoms with van der Waals surface area (Å²) in [5.41, 5.74) is 0. The van der Waals surface area contributed by atoms with E-state index in [0.29, 0.717) is 6.42 Å². The molecule has 0 aromatic heterocycles. The van der Waals surface area contributed by atoms with E-state index < -0.39 is 0 Å². The average Bonchev–Trinajstić information content (AvgIpc) is 1.61. The summed E-state index contributed by atoms with van der Waals surface area (Å²) in [4.78, 5) is -0.163. The van der Waals surface area contributed by atoms with Crippen molar-refractivity contribution < 1.29 is 10.1 Å². The van der Waals surface area contributed by atoms with Crippen LogP contribution in [0, 0.1) is 5.21 Å². The zero-order chi connectivity index (χ0) is 5.70. The van der Waals surface area contributed by atoms with E-state index >= 15 is 0 Å². The Hall–Kier alpha value is -0.730. The van der Waals surface area contributed by atoms with Crippen LogP contribution in [0.3, 0.4) is 0 Å². The van der Waals surface area contributed by atoms with Gasteiger partial charge in [-0.2, -0.15) is 0 Å². The van der Waals surface area contributed by atoms with Crippen molar-refractivity contribution in [3.05, 3.63) is 5.21 Å². The molecule has 7 heavy (non-hydrogen) atoms. The molecule has 0 amide bonds. The standard InChI is InChI=1S/C4H9NO2/c1-2-3-4-5(6)7/h4H,2-3H2,1H3,(H,6,7). The quantitative estimate of drug-likeness (QED) is 0.243. The first-order valence-corrected chi connectivity index (χ1v) is 2.26. The zero-order valence-corrected chi connectivity index (χ0v) is 4.29. The molecule has 0 aromatic carbocycles. The topological polar surface area (TPSA) is 46.3 Å². The monoisotopic (exact) mass is 103 g/mol. The van der Waals surface area contributed by atoms with E-state index in [4.69, 9.17) is 5.21 Å². The second-order valence-corrected chi connectivity index (χ2v) is 1.27. The molecule has 0 saturated heterocycles. The van der Waals surface area contributed by atoms with E-state index in [9.17, 15) is 5.21 Å². The van der Waals surface area contributed by atoms with Crippen LogP contribution in [0.2, 0.25) is 0 Å². The molecule has 0 aromatic rings. The molecule has 0 saturated carbocycles. The summed E-state index contributed by atoms with van der Waals surface area (Å²) in [7, 11) is 0. The van der Waals surface area contributed by atoms with E-state index in [1.165, 1.54) is 6.21 Å². The lowest BCUT2D eigenvalue weighted by atomic mass is 10.4. The summed E-state index contributed by atoms with van der Waals surface area (Å²) in [6.45, 7) is 1.93. The molecule has 1 N–H and O–H groups in total. The maximum Gasteiger partial charge on any atom is 0.209 e. The fraction of sp³-hybridized carbons (Fsp3) is 0.750. The molecule has 0 heterocycles. The number of unbranched alkanes of at least 4 members (excludes halogenated alkanes) is 1. The molecule has 0 rings (SSSR count). The van der Waals surface area contributed by atoms with Gasteiger partial charge in [-0.3, -0.25) is 5.21 Å². The minimum atomic E-state index is -0.163. The molecule has 0 bridgehead atoms. The smallest absolute Gasteiger partial charge is 0.209 e. The van der Waals surface area contributed by atoms with Crippen LogP contribution in [0.5, 0.6) is 0 Å². The third-order valence-corrected chi connectivity index (χ3v) is 0.574. The predicted octanol–water partition coefficient (Wildman–Crippen LogP) is 0.757. The maximum absolute atomic E-state index is 9.62. The van der Waals surface area contributed by atoms with Gasteiger partial charge in [0.15, 0.2) is 0 Å². The van der Waals surface area contributed by atoms with Crippen molar-refractivity contribution >= 4 is 6.21 Å². The molecule has 0 radical (unpaired) electrons. The molecular formula is C4H9NO2. The van der Waals surface area contributed by atoms with E-state index in [1.54, 1.807) is 0 Å². The van der Waals surface area contributed by atoms with Crippen LogP contribution >= 0.6 is 0 Å². The Kier molecular flexibility index (Phi) is 3.10. The van der Waals surface area contributed by atoms with E-state index in [0.717, 1.165) is 6.42 Å². The number of hydrogen-bond donors (Lipinski definition) is 1. The lowest BCUT2D eigenvalue weighted by Crippen LogP contribution is -1.95. The van der Waals surface area contributed by atoms with E-state index in [-0.39, 0.29) is 4.90 Å². The Morgan fingerprint density at radius 1 is 1.86 bits per heavy atom. The Balaban J connectivity index is 3.08. The van der Waals surface area contributed by atoms with Crippen LogP contribution < -0.4 is 0 Å². The van der Waals surface area contributed by atoms with Crippen molar-refractivity contribution in [2.45, 2.75) is 19.8 Å². The van der Waals surface area contributed by atoms with Gasteiger partial charge in [-0.25, -0.2) is 0 Å². The van der Waals surface area contributed by atoms with Gasteiger partial charge in [-0.15, -0.1) is 0 Å². The summed E-state index contributed by atoms with van der Waals surface area (Å²) < 4.78 is 0. The highest BCUT2D eigenvalue weighted by Gasteiger charge is 1.80. The molecule has 0 spiro atoms. The molecule has 0 aliphatic heterocycles. The lowest BCUT2D eigenvalue weighted by Gasteiger charge is -1.81. The van der Waals surface area contributed by atoms with Crippen LogP contribution in [-0.2, 0) is 0 Å². The SMILES string of the molecule is CCC/C=[N+](/[O-])O. The van der Waals surface area contributed by atoms with Crippen molar-refractivity contribution in [1.82, 2.24) is 0 Å². The van der Waals surface area contributed by atoms with Gasteiger partial charge in [0.25, 0.3) is 0 Å². The molecule has 0 unspecified atom stereocenters. The van der Waals surface area contributed by atoms with Crippen molar-refractivity contribution in [2.75, 3.05) is 0 Å². The Bertz CT molecular complexity index is 66.1. The largest absolute Gasteiger partial charge is 0.418 e. The fourth-order valence-corrected chi connectivity index (χ4v) is 0.240. The molecule has 0 aliphatic rings. The molecule has 0 fully saturated rings. The fourth-order valence-electron chi connectivity index (χ4n) is 0.240. The molecular weight excluding hydrogens is 94.0 g/mol. The minimum absolute atomic E-state index is 0.163. The highest BCUT2D eigenvalue weighted by molar-refractivity contribution is 5.50. The minimum Gasteiger partial charge on any atom is -0.418 e. The van der Waals surface area contributed by atoms with Gasteiger partial charge in [-0.05, 0) is 6.42 Å². The van der Waals surface area contributed by atoms with Crippen molar-refractivity contribution in [3.8, 4) is 0 Å². The van der Waals surface area contributed by atoms with Gasteiger partial charge < -0.3 is 5.21 Å². The molecule has 3 nitrogen and oxygen atoms in total. The maximum atomic E-state index is 9.62. The predicted molar refractivity (Wildman–Crippen MR) is 26.4 cm³/mol. The van der Waals surface area contributed by atoms with Gasteiger partial charge >= 0.3 is 0 Å². The third kappa shape index (κ3) is 5.27. The summed E-state index contributed by atoms with van der Waals surface area (Å²) in [6, 6.07) is 0. The molecule has 0 atom stereocenters. The summed E-state index contributed by atoms with van der Waals surface area (Å²) in [5.74, 6) is 0. The first kappa shape index (κ1) is 6.27. The van der Waals surface area contributed by atoms with Gasteiger partial charge in [0.1, 0.15) is 0 Å². The van der Waals surface area contributed by atoms with Crippen LogP contribution in [0.25, 0.3) is 0 Å². The van der Waals surface area contributed by atoms with Crippen LogP contribution in [0.15, 0.2) is 0 Å². The lowest BCUT2D eigenvalue weighted by molar-refractivity contribution is -0.723. The van der Waals surface area contributed by atoms with Crippen molar-refractivity contribution in [1.29, 1.82) is 0 Å². The zero-order valence-electron chi connectivity index (χ0n) is 4.29. The van der Waals surface area contributed by atoms with Crippen molar-refractivity contribution in [3.63, 3.8) is 0 Å². The highest BCUT2D eigenvalue weighted by Crippen LogP contribution is 1.77. The summed E-state index contributed by atoms with van der Waals surface area (Å²) in [6.07, 6.45) is 2.71. The van der Waals surface area contributed by atoms with Gasteiger partial charge in [0, 0.05) is 11.3 Å². The summed E-state index contributed by atoms with van der Waals surface area (Å²) in [5, 5.41) is 17.5. The van der Waals surface area contributed by atoms with E-state index in [1.807, 2.05) is 6.92 Å². The number of hydrogen-bond acceptors (Lipinski definition) is 2. The van der Waals surface area contributed by atoms with Crippen LogP contribution in [-0.4, -0.2) is 16.3 Å². The van der Waals surface area contributed by atoms with E-state index in [2.05, 4.69) is 0 Å². The normalized spacial score (nSPS) is 11.9. The number of rotatable bonds is 2. The van der Waals surface area contributed by atoms with Crippen LogP contribution in [0.4, 0.5) is 0 Å². The van der Waals surface area contributed by atoms with Gasteiger partial charge in [0.05, 0.1) is 0 Å². The first-order valence-electron chi connectivity index (χ1n) is 2.26. The second-order valence-electron chi connectivity index (χ2n) is 1.27. The third-order valence-electron chi connectivity index (χ3n) is 0.574. The Labute approximate surface area is 42.4 Å². The Morgan fingerprint density at radius 3 is 2.57 bits per heavy atom. The van der Waals surface area contributed by atoms with Crippen molar-refractivity contribution in [2.24, 2.45) is 0 Å². The second kappa shape index (κ2) is 3.46. The molecule has 3 heteroatoms. The highest BCUT2D eigenvalue weighted by atomic mass is 16.8. The number of nitrogens with zero attached hydrogens (tertiary/aromatic N) is 1. The molecule has 0 aliphatic carbocycles. The average molecular weight is 103 g/mol. The Morgan fingerprint density at radius 2 is 2.43 bits per heavy atom. The van der Waals surface area contributed by atoms with Gasteiger partial charge in [-0.1, -0.05) is 6.92 Å². The first-order chi connectivity index (χ1) is 3.27. The van der Waals surface area contributed by atoms with Gasteiger partial charge in [0.2, 0.25) is 6.21 Å². The summed E-state index contributed by atoms with van der Waals surface area (Å²) >= 11 is 0. The van der Waals surface area contributed by atoms with Crippen LogP contribution in [0.1, 0.15) is 19.8 Å². The molecule has 42 valence electrons.